The predicted molar refractivity (Wildman–Crippen MR) is 278 cm³/mol. The zero-order chi connectivity index (χ0) is 44.4. The molecule has 0 bridgehead atoms. The van der Waals surface area contributed by atoms with Crippen LogP contribution in [0.5, 0.6) is 0 Å². The number of hydrogen-bond acceptors (Lipinski definition) is 4. The van der Waals surface area contributed by atoms with Crippen molar-refractivity contribution < 1.29 is 8.81 Å². The molecule has 12 aromatic rings. The number of anilines is 6. The maximum Gasteiger partial charge on any atom is 0.159 e. The highest BCUT2D eigenvalue weighted by Crippen LogP contribution is 2.53. The number of nitrogens with zero attached hydrogens (tertiary/aromatic N) is 2. The average Bonchev–Trinajstić information content (AvgIpc) is 3.78. The summed E-state index contributed by atoms with van der Waals surface area (Å²) in [4.78, 5) is 6.77. The maximum absolute atomic E-state index is 17.3. The van der Waals surface area contributed by atoms with Gasteiger partial charge in [-0.15, -0.1) is 0 Å². The quantitative estimate of drug-likeness (QED) is 0.142. The molecule has 0 unspecified atom stereocenters. The topological polar surface area (TPSA) is 19.6 Å². The molecule has 0 saturated heterocycles. The Morgan fingerprint density at radius 2 is 1.00 bits per heavy atom. The Bertz CT molecular complexity index is 3850. The van der Waals surface area contributed by atoms with Crippen LogP contribution >= 0.6 is 11.8 Å². The van der Waals surface area contributed by atoms with Crippen LogP contribution in [-0.4, -0.2) is 0 Å². The summed E-state index contributed by atoms with van der Waals surface area (Å²) >= 11 is 1.81. The number of halogens is 1. The lowest BCUT2D eigenvalue weighted by molar-refractivity contribution is 0.630. The average molecular weight is 879 g/mol. The van der Waals surface area contributed by atoms with Crippen molar-refractivity contribution in [1.29, 1.82) is 0 Å². The van der Waals surface area contributed by atoms with Crippen LogP contribution in [0.2, 0.25) is 0 Å². The molecule has 11 aromatic carbocycles. The van der Waals surface area contributed by atoms with E-state index >= 15 is 4.39 Å². The summed E-state index contributed by atoms with van der Waals surface area (Å²) in [5.74, 6) is -0.298. The van der Waals surface area contributed by atoms with Gasteiger partial charge in [-0.25, -0.2) is 4.39 Å². The summed E-state index contributed by atoms with van der Waals surface area (Å²) < 4.78 is 23.9. The molecule has 2 heterocycles. The lowest BCUT2D eigenvalue weighted by Crippen LogP contribution is -2.13. The van der Waals surface area contributed by atoms with E-state index in [1.807, 2.05) is 90.6 Å². The number of fused-ring (bicyclic) bond motifs is 7. The van der Waals surface area contributed by atoms with Crippen molar-refractivity contribution in [2.24, 2.45) is 0 Å². The molecule has 3 nitrogen and oxygen atoms in total. The fourth-order valence-electron chi connectivity index (χ4n) is 10.0. The Kier molecular flexibility index (Phi) is 9.29. The van der Waals surface area contributed by atoms with Crippen molar-refractivity contribution >= 4 is 89.4 Å². The lowest BCUT2D eigenvalue weighted by atomic mass is 9.92. The number of para-hydroxylation sites is 4. The lowest BCUT2D eigenvalue weighted by Gasteiger charge is -2.30. The SMILES string of the molecule is Fc1cc(-c2ccccc2)cc(-c2ccccc2)c1N(c1ccccc1)c1ccc2cc3c4c(cccc4c2c1)Sc1cc(N(c2ccccc2)c2cccc4c2oc2ccccc24)ccc1-3. The van der Waals surface area contributed by atoms with Gasteiger partial charge in [0.05, 0.1) is 11.4 Å². The first-order valence-electron chi connectivity index (χ1n) is 22.5. The van der Waals surface area contributed by atoms with E-state index in [0.717, 1.165) is 88.8 Å². The van der Waals surface area contributed by atoms with E-state index in [-0.39, 0.29) is 5.82 Å². The molecule has 0 atom stereocenters. The minimum absolute atomic E-state index is 0.298. The van der Waals surface area contributed by atoms with Crippen molar-refractivity contribution in [2.45, 2.75) is 9.79 Å². The van der Waals surface area contributed by atoms with Gasteiger partial charge in [0.15, 0.2) is 5.58 Å². The predicted octanol–water partition coefficient (Wildman–Crippen LogP) is 18.4. The van der Waals surface area contributed by atoms with Crippen LogP contribution in [0, 0.1) is 5.82 Å². The smallest absolute Gasteiger partial charge is 0.159 e. The van der Waals surface area contributed by atoms with Crippen molar-refractivity contribution in [2.75, 3.05) is 9.80 Å². The largest absolute Gasteiger partial charge is 0.454 e. The van der Waals surface area contributed by atoms with E-state index in [2.05, 4.69) is 161 Å². The van der Waals surface area contributed by atoms with E-state index in [1.54, 1.807) is 6.07 Å². The third-order valence-electron chi connectivity index (χ3n) is 13.0. The van der Waals surface area contributed by atoms with E-state index < -0.39 is 0 Å². The number of rotatable bonds is 8. The van der Waals surface area contributed by atoms with Crippen molar-refractivity contribution in [3.63, 3.8) is 0 Å². The van der Waals surface area contributed by atoms with Gasteiger partial charge in [-0.1, -0.05) is 163 Å². The molecule has 0 saturated carbocycles. The Balaban J connectivity index is 0.965. The molecule has 67 heavy (non-hydrogen) atoms. The summed E-state index contributed by atoms with van der Waals surface area (Å²) in [6, 6.07) is 81.7. The highest BCUT2D eigenvalue weighted by Gasteiger charge is 2.27. The van der Waals surface area contributed by atoms with Gasteiger partial charge >= 0.3 is 0 Å². The second kappa shape index (κ2) is 15.9. The third kappa shape index (κ3) is 6.58. The van der Waals surface area contributed by atoms with Crippen LogP contribution in [0.25, 0.3) is 76.9 Å². The Morgan fingerprint density at radius 1 is 0.373 bits per heavy atom. The molecule has 0 aliphatic carbocycles. The van der Waals surface area contributed by atoms with Gasteiger partial charge in [0, 0.05) is 54.3 Å². The van der Waals surface area contributed by atoms with E-state index in [1.165, 1.54) is 26.3 Å². The summed E-state index contributed by atoms with van der Waals surface area (Å²) in [6.45, 7) is 0. The normalized spacial score (nSPS) is 11.9. The second-order valence-corrected chi connectivity index (χ2v) is 18.1. The molecular formula is C62H39FN2OS. The first-order valence-corrected chi connectivity index (χ1v) is 23.3. The number of hydrogen-bond donors (Lipinski definition) is 0. The van der Waals surface area contributed by atoms with E-state index in [0.29, 0.717) is 5.69 Å². The standard InChI is InChI=1S/C62H39FN2OS/c63-55-37-43(40-17-5-1-6-18-40)36-53(41-19-7-2-8-20-41)61(55)65(45-23-11-4-12-24-45)46-32-31-42-35-54-49-34-33-47(39-59(49)67-58-30-16-26-50(60(54)58)52(42)38-46)64(44-21-9-3-10-22-44)56-28-15-27-51-48-25-13-14-29-57(48)66-62(51)56/h1-39H. The summed E-state index contributed by atoms with van der Waals surface area (Å²) in [5, 5.41) is 6.80. The van der Waals surface area contributed by atoms with E-state index in [4.69, 9.17) is 4.42 Å². The molecule has 1 aromatic heterocycles. The molecule has 0 spiro atoms. The third-order valence-corrected chi connectivity index (χ3v) is 14.2. The van der Waals surface area contributed by atoms with Crippen LogP contribution in [0.3, 0.4) is 0 Å². The zero-order valence-electron chi connectivity index (χ0n) is 36.1. The summed E-state index contributed by atoms with van der Waals surface area (Å²) in [7, 11) is 0. The van der Waals surface area contributed by atoms with Crippen LogP contribution < -0.4 is 9.80 Å². The monoisotopic (exact) mass is 878 g/mol. The Hall–Kier alpha value is -8.38. The highest BCUT2D eigenvalue weighted by atomic mass is 32.2. The van der Waals surface area contributed by atoms with Crippen LogP contribution in [0.15, 0.2) is 251 Å². The van der Waals surface area contributed by atoms with Gasteiger partial charge in [-0.2, -0.15) is 0 Å². The van der Waals surface area contributed by atoms with Gasteiger partial charge in [0.25, 0.3) is 0 Å². The molecule has 1 aliphatic heterocycles. The van der Waals surface area contributed by atoms with Crippen LogP contribution in [0.4, 0.5) is 38.5 Å². The fraction of sp³-hybridized carbons (Fsp3) is 0. The molecule has 13 rings (SSSR count). The fourth-order valence-corrected chi connectivity index (χ4v) is 11.2. The van der Waals surface area contributed by atoms with Crippen LogP contribution in [-0.2, 0) is 0 Å². The van der Waals surface area contributed by atoms with Gasteiger partial charge in [-0.3, -0.25) is 0 Å². The minimum Gasteiger partial charge on any atom is -0.454 e. The molecular weight excluding hydrogens is 840 g/mol. The van der Waals surface area contributed by atoms with E-state index in [9.17, 15) is 0 Å². The molecule has 0 radical (unpaired) electrons. The number of furan rings is 1. The maximum atomic E-state index is 17.3. The Labute approximate surface area is 391 Å². The molecule has 1 aliphatic rings. The van der Waals surface area contributed by atoms with Crippen molar-refractivity contribution in [3.8, 4) is 33.4 Å². The molecule has 316 valence electrons. The molecule has 0 amide bonds. The van der Waals surface area contributed by atoms with Gasteiger partial charge in [-0.05, 0) is 129 Å². The van der Waals surface area contributed by atoms with Gasteiger partial charge < -0.3 is 14.2 Å². The highest BCUT2D eigenvalue weighted by molar-refractivity contribution is 7.99. The van der Waals surface area contributed by atoms with Crippen molar-refractivity contribution in [3.05, 3.63) is 242 Å². The number of benzene rings is 11. The summed E-state index contributed by atoms with van der Waals surface area (Å²) in [5.41, 5.74) is 13.0. The Morgan fingerprint density at radius 3 is 1.78 bits per heavy atom. The van der Waals surface area contributed by atoms with Crippen molar-refractivity contribution in [1.82, 2.24) is 0 Å². The molecule has 5 heteroatoms. The van der Waals surface area contributed by atoms with Crippen LogP contribution in [0.1, 0.15) is 0 Å². The first-order chi connectivity index (χ1) is 33.1. The first kappa shape index (κ1) is 39.0. The molecule has 0 fully saturated rings. The minimum atomic E-state index is -0.298. The van der Waals surface area contributed by atoms with Gasteiger partial charge in [0.1, 0.15) is 11.4 Å². The summed E-state index contributed by atoms with van der Waals surface area (Å²) in [6.07, 6.45) is 0. The zero-order valence-corrected chi connectivity index (χ0v) is 36.9. The second-order valence-electron chi connectivity index (χ2n) is 17.0. The van der Waals surface area contributed by atoms with Gasteiger partial charge in [0.2, 0.25) is 0 Å². The molecule has 0 N–H and O–H groups in total.